The molecule has 1 saturated carbocycles. The van der Waals surface area contributed by atoms with Gasteiger partial charge in [0.05, 0.1) is 0 Å². The van der Waals surface area contributed by atoms with Gasteiger partial charge in [-0.2, -0.15) is 0 Å². The van der Waals surface area contributed by atoms with Crippen molar-refractivity contribution in [3.05, 3.63) is 0 Å². The average molecular weight is 196 g/mol. The quantitative estimate of drug-likeness (QED) is 0.706. The lowest BCUT2D eigenvalue weighted by atomic mass is 9.94. The molecule has 0 bridgehead atoms. The molecule has 0 spiro atoms. The van der Waals surface area contributed by atoms with Crippen LogP contribution >= 0.6 is 0 Å². The minimum atomic E-state index is 0.751. The van der Waals surface area contributed by atoms with Gasteiger partial charge in [-0.1, -0.05) is 25.7 Å². The first-order chi connectivity index (χ1) is 6.95. The van der Waals surface area contributed by atoms with Crippen molar-refractivity contribution in [3.63, 3.8) is 0 Å². The van der Waals surface area contributed by atoms with Gasteiger partial charge >= 0.3 is 0 Å². The van der Waals surface area contributed by atoms with Crippen molar-refractivity contribution >= 4 is 0 Å². The molecule has 0 aromatic carbocycles. The third-order valence-electron chi connectivity index (χ3n) is 3.62. The Kier molecular flexibility index (Phi) is 4.26. The average Bonchev–Trinajstić information content (AvgIpc) is 2.48. The molecule has 2 heteroatoms. The second kappa shape index (κ2) is 5.72. The maximum absolute atomic E-state index is 3.84. The predicted molar refractivity (Wildman–Crippen MR) is 60.5 cm³/mol. The zero-order valence-corrected chi connectivity index (χ0v) is 9.23. The zero-order chi connectivity index (χ0) is 9.64. The monoisotopic (exact) mass is 196 g/mol. The minimum Gasteiger partial charge on any atom is -0.315 e. The summed E-state index contributed by atoms with van der Waals surface area (Å²) in [4.78, 5) is 0. The lowest BCUT2D eigenvalue weighted by Gasteiger charge is -2.27. The lowest BCUT2D eigenvalue weighted by Crippen LogP contribution is -2.44. The van der Waals surface area contributed by atoms with Gasteiger partial charge in [-0.05, 0) is 32.2 Å². The van der Waals surface area contributed by atoms with Crippen LogP contribution in [-0.4, -0.2) is 25.2 Å². The third-order valence-corrected chi connectivity index (χ3v) is 3.62. The van der Waals surface area contributed by atoms with Crippen LogP contribution < -0.4 is 10.6 Å². The molecule has 82 valence electrons. The van der Waals surface area contributed by atoms with Crippen LogP contribution in [0.25, 0.3) is 0 Å². The first-order valence-electron chi connectivity index (χ1n) is 6.42. The minimum absolute atomic E-state index is 0.751. The van der Waals surface area contributed by atoms with Crippen LogP contribution in [0.15, 0.2) is 0 Å². The molecule has 14 heavy (non-hydrogen) atoms. The molecular weight excluding hydrogens is 172 g/mol. The van der Waals surface area contributed by atoms with E-state index in [9.17, 15) is 0 Å². The Labute approximate surface area is 87.8 Å². The van der Waals surface area contributed by atoms with E-state index in [1.165, 1.54) is 64.5 Å². The van der Waals surface area contributed by atoms with Gasteiger partial charge in [0.2, 0.25) is 0 Å². The van der Waals surface area contributed by atoms with Crippen molar-refractivity contribution in [2.45, 2.75) is 63.5 Å². The topological polar surface area (TPSA) is 24.1 Å². The van der Waals surface area contributed by atoms with Gasteiger partial charge in [-0.25, -0.2) is 0 Å². The predicted octanol–water partition coefficient (Wildman–Crippen LogP) is 2.05. The molecule has 2 rings (SSSR count). The van der Waals surface area contributed by atoms with E-state index in [1.54, 1.807) is 0 Å². The Morgan fingerprint density at radius 3 is 2.36 bits per heavy atom. The molecule has 1 aliphatic heterocycles. The van der Waals surface area contributed by atoms with Gasteiger partial charge in [0.15, 0.2) is 0 Å². The van der Waals surface area contributed by atoms with E-state index >= 15 is 0 Å². The van der Waals surface area contributed by atoms with E-state index in [0.717, 1.165) is 12.1 Å². The molecule has 0 radical (unpaired) electrons. The SMILES string of the molecule is C1CCC(NC2CCCCNC2)CC1. The fourth-order valence-corrected chi connectivity index (χ4v) is 2.76. The van der Waals surface area contributed by atoms with Crippen LogP contribution in [-0.2, 0) is 0 Å². The smallest absolute Gasteiger partial charge is 0.0195 e. The maximum Gasteiger partial charge on any atom is 0.0195 e. The molecule has 1 unspecified atom stereocenters. The summed E-state index contributed by atoms with van der Waals surface area (Å²) in [6.07, 6.45) is 11.3. The van der Waals surface area contributed by atoms with Gasteiger partial charge in [0, 0.05) is 18.6 Å². The van der Waals surface area contributed by atoms with Crippen LogP contribution in [0.1, 0.15) is 51.4 Å². The Bertz CT molecular complexity index is 144. The number of rotatable bonds is 2. The summed E-state index contributed by atoms with van der Waals surface area (Å²) in [6.45, 7) is 2.42. The van der Waals surface area contributed by atoms with E-state index in [4.69, 9.17) is 0 Å². The third kappa shape index (κ3) is 3.25. The molecule has 1 heterocycles. The molecule has 2 aliphatic rings. The summed E-state index contributed by atoms with van der Waals surface area (Å²) in [5.74, 6) is 0. The van der Waals surface area contributed by atoms with Crippen molar-refractivity contribution < 1.29 is 0 Å². The molecule has 0 amide bonds. The molecule has 1 aliphatic carbocycles. The highest BCUT2D eigenvalue weighted by Gasteiger charge is 2.18. The van der Waals surface area contributed by atoms with Crippen LogP contribution in [0, 0.1) is 0 Å². The summed E-state index contributed by atoms with van der Waals surface area (Å²) < 4.78 is 0. The Morgan fingerprint density at radius 2 is 1.50 bits per heavy atom. The second-order valence-electron chi connectivity index (χ2n) is 4.90. The van der Waals surface area contributed by atoms with E-state index < -0.39 is 0 Å². The summed E-state index contributed by atoms with van der Waals surface area (Å²) in [7, 11) is 0. The molecule has 1 saturated heterocycles. The number of hydrogen-bond donors (Lipinski definition) is 2. The van der Waals surface area contributed by atoms with Crippen molar-refractivity contribution in [2.24, 2.45) is 0 Å². The first-order valence-corrected chi connectivity index (χ1v) is 6.42. The maximum atomic E-state index is 3.84. The largest absolute Gasteiger partial charge is 0.315 e. The van der Waals surface area contributed by atoms with E-state index in [1.807, 2.05) is 0 Å². The summed E-state index contributed by atoms with van der Waals surface area (Å²) >= 11 is 0. The van der Waals surface area contributed by atoms with Crippen molar-refractivity contribution in [1.82, 2.24) is 10.6 Å². The van der Waals surface area contributed by atoms with Crippen LogP contribution in [0.5, 0.6) is 0 Å². The first kappa shape index (κ1) is 10.4. The van der Waals surface area contributed by atoms with Gasteiger partial charge < -0.3 is 10.6 Å². The van der Waals surface area contributed by atoms with E-state index in [0.29, 0.717) is 0 Å². The van der Waals surface area contributed by atoms with Crippen LogP contribution in [0.4, 0.5) is 0 Å². The molecule has 2 N–H and O–H groups in total. The highest BCUT2D eigenvalue weighted by molar-refractivity contribution is 4.80. The zero-order valence-electron chi connectivity index (χ0n) is 9.23. The summed E-state index contributed by atoms with van der Waals surface area (Å²) in [6, 6.07) is 1.58. The highest BCUT2D eigenvalue weighted by Crippen LogP contribution is 2.18. The molecule has 1 atom stereocenters. The molecular formula is C12H24N2. The summed E-state index contributed by atoms with van der Waals surface area (Å²) in [5.41, 5.74) is 0. The molecule has 2 nitrogen and oxygen atoms in total. The Hall–Kier alpha value is -0.0800. The van der Waals surface area contributed by atoms with Gasteiger partial charge in [0.25, 0.3) is 0 Å². The van der Waals surface area contributed by atoms with Gasteiger partial charge in [-0.15, -0.1) is 0 Å². The Morgan fingerprint density at radius 1 is 0.786 bits per heavy atom. The normalized spacial score (nSPS) is 31.3. The van der Waals surface area contributed by atoms with Crippen LogP contribution in [0.3, 0.4) is 0 Å². The number of nitrogens with one attached hydrogen (secondary N) is 2. The standard InChI is InChI=1S/C12H24N2/c1-2-6-11(7-3-1)14-12-8-4-5-9-13-10-12/h11-14H,1-10H2. The van der Waals surface area contributed by atoms with Gasteiger partial charge in [-0.3, -0.25) is 0 Å². The van der Waals surface area contributed by atoms with Crippen LogP contribution in [0.2, 0.25) is 0 Å². The molecule has 0 aromatic rings. The fourth-order valence-electron chi connectivity index (χ4n) is 2.76. The second-order valence-corrected chi connectivity index (χ2v) is 4.90. The fraction of sp³-hybridized carbons (Fsp3) is 1.00. The molecule has 2 fully saturated rings. The highest BCUT2D eigenvalue weighted by atomic mass is 15.0. The number of hydrogen-bond acceptors (Lipinski definition) is 2. The summed E-state index contributed by atoms with van der Waals surface area (Å²) in [5, 5.41) is 7.36. The molecule has 0 aromatic heterocycles. The Balaban J connectivity index is 1.71. The van der Waals surface area contributed by atoms with E-state index in [2.05, 4.69) is 10.6 Å². The van der Waals surface area contributed by atoms with E-state index in [-0.39, 0.29) is 0 Å². The lowest BCUT2D eigenvalue weighted by molar-refractivity contribution is 0.326. The van der Waals surface area contributed by atoms with Crippen molar-refractivity contribution in [1.29, 1.82) is 0 Å². The van der Waals surface area contributed by atoms with Crippen molar-refractivity contribution in [3.8, 4) is 0 Å². The van der Waals surface area contributed by atoms with Gasteiger partial charge in [0.1, 0.15) is 0 Å². The van der Waals surface area contributed by atoms with Crippen molar-refractivity contribution in [2.75, 3.05) is 13.1 Å².